The highest BCUT2D eigenvalue weighted by molar-refractivity contribution is 8.00. The van der Waals surface area contributed by atoms with Crippen molar-refractivity contribution < 1.29 is 9.90 Å². The van der Waals surface area contributed by atoms with Gasteiger partial charge in [-0.15, -0.1) is 0 Å². The second kappa shape index (κ2) is 6.57. The van der Waals surface area contributed by atoms with Crippen molar-refractivity contribution in [1.29, 1.82) is 0 Å². The average molecular weight is 349 g/mol. The van der Waals surface area contributed by atoms with Crippen LogP contribution in [0.4, 0.5) is 0 Å². The number of aliphatic carboxylic acids is 1. The molecule has 3 aromatic rings. The van der Waals surface area contributed by atoms with Gasteiger partial charge in [-0.3, -0.25) is 4.79 Å². The summed E-state index contributed by atoms with van der Waals surface area (Å²) >= 11 is 1.44. The molecule has 2 aromatic carbocycles. The molecule has 0 saturated heterocycles. The number of carbonyl (C=O) groups is 1. The molecule has 2 heterocycles. The van der Waals surface area contributed by atoms with E-state index in [1.54, 1.807) is 4.68 Å². The summed E-state index contributed by atoms with van der Waals surface area (Å²) in [6.07, 6.45) is 1.89. The third-order valence-electron chi connectivity index (χ3n) is 3.92. The maximum atomic E-state index is 11.3. The summed E-state index contributed by atoms with van der Waals surface area (Å²) < 4.78 is 1.74. The minimum Gasteiger partial charge on any atom is -0.481 e. The van der Waals surface area contributed by atoms with E-state index >= 15 is 0 Å². The Hall–Kier alpha value is -2.86. The molecule has 5 nitrogen and oxygen atoms in total. The number of hydrogen-bond donors (Lipinski definition) is 1. The first kappa shape index (κ1) is 15.7. The first-order chi connectivity index (χ1) is 12.2. The molecule has 124 valence electrons. The number of rotatable bonds is 4. The van der Waals surface area contributed by atoms with Crippen molar-refractivity contribution in [2.75, 3.05) is 0 Å². The zero-order valence-electron chi connectivity index (χ0n) is 13.2. The van der Waals surface area contributed by atoms with Gasteiger partial charge >= 0.3 is 5.97 Å². The van der Waals surface area contributed by atoms with E-state index in [-0.39, 0.29) is 11.7 Å². The molecule has 1 N–H and O–H groups in total. The number of hydrogen-bond acceptors (Lipinski definition) is 4. The molecule has 6 heteroatoms. The Morgan fingerprint density at radius 2 is 1.68 bits per heavy atom. The van der Waals surface area contributed by atoms with Crippen LogP contribution in [0.3, 0.4) is 0 Å². The summed E-state index contributed by atoms with van der Waals surface area (Å²) in [6, 6.07) is 19.6. The number of fused-ring (bicyclic) bond motifs is 1. The molecule has 1 aromatic heterocycles. The Kier molecular flexibility index (Phi) is 4.11. The Balaban J connectivity index is 1.77. The van der Waals surface area contributed by atoms with Crippen molar-refractivity contribution in [2.24, 2.45) is 5.10 Å². The summed E-state index contributed by atoms with van der Waals surface area (Å²) in [7, 11) is 0. The monoisotopic (exact) mass is 349 g/mol. The Labute approximate surface area is 149 Å². The van der Waals surface area contributed by atoms with Crippen molar-refractivity contribution in [3.8, 4) is 11.3 Å². The molecule has 0 bridgehead atoms. The number of thioether (sulfide) groups is 1. The van der Waals surface area contributed by atoms with Crippen LogP contribution in [0.25, 0.3) is 11.3 Å². The summed E-state index contributed by atoms with van der Waals surface area (Å²) in [5.41, 5.74) is 3.53. The summed E-state index contributed by atoms with van der Waals surface area (Å²) in [4.78, 5) is 15.9. The van der Waals surface area contributed by atoms with Gasteiger partial charge < -0.3 is 5.11 Å². The van der Waals surface area contributed by atoms with Gasteiger partial charge in [0.2, 0.25) is 0 Å². The number of imidazole rings is 1. The molecule has 4 rings (SSSR count). The van der Waals surface area contributed by atoms with Gasteiger partial charge in [0.15, 0.2) is 5.16 Å². The molecule has 25 heavy (non-hydrogen) atoms. The third kappa shape index (κ3) is 3.21. The fraction of sp³-hybridized carbons (Fsp3) is 0.105. The van der Waals surface area contributed by atoms with Gasteiger partial charge in [0.1, 0.15) is 0 Å². The standard InChI is InChI=1S/C19H15N3O2S/c23-17(24)11-16-18(14-9-5-2-6-10-14)21-22-12-15(20-19(22)25-16)13-7-3-1-4-8-13/h1-10,12,16H,11H2,(H,23,24). The second-order valence-electron chi connectivity index (χ2n) is 5.67. The highest BCUT2D eigenvalue weighted by Gasteiger charge is 2.29. The topological polar surface area (TPSA) is 67.5 Å². The van der Waals surface area contributed by atoms with E-state index in [4.69, 9.17) is 0 Å². The normalized spacial score (nSPS) is 16.2. The van der Waals surface area contributed by atoms with E-state index in [0.29, 0.717) is 5.16 Å². The van der Waals surface area contributed by atoms with E-state index in [9.17, 15) is 9.90 Å². The maximum Gasteiger partial charge on any atom is 0.304 e. The van der Waals surface area contributed by atoms with Gasteiger partial charge in [-0.2, -0.15) is 5.10 Å². The molecule has 0 fully saturated rings. The average Bonchev–Trinajstić information content (AvgIpc) is 3.05. The van der Waals surface area contributed by atoms with E-state index in [0.717, 1.165) is 22.5 Å². The lowest BCUT2D eigenvalue weighted by atomic mass is 10.1. The van der Waals surface area contributed by atoms with Crippen molar-refractivity contribution in [2.45, 2.75) is 16.8 Å². The number of carboxylic acid groups (broad SMARTS) is 1. The van der Waals surface area contributed by atoms with E-state index in [1.165, 1.54) is 11.8 Å². The van der Waals surface area contributed by atoms with Gasteiger partial charge in [-0.05, 0) is 5.56 Å². The van der Waals surface area contributed by atoms with Crippen LogP contribution in [0.1, 0.15) is 12.0 Å². The van der Waals surface area contributed by atoms with E-state index in [2.05, 4.69) is 10.1 Å². The predicted octanol–water partition coefficient (Wildman–Crippen LogP) is 3.75. The van der Waals surface area contributed by atoms with Gasteiger partial charge in [0.25, 0.3) is 0 Å². The third-order valence-corrected chi connectivity index (χ3v) is 5.09. The smallest absolute Gasteiger partial charge is 0.304 e. The minimum absolute atomic E-state index is 0.00588. The number of aromatic nitrogens is 2. The summed E-state index contributed by atoms with van der Waals surface area (Å²) in [5, 5.41) is 14.4. The Bertz CT molecular complexity index is 936. The van der Waals surface area contributed by atoms with Crippen molar-refractivity contribution in [1.82, 2.24) is 9.66 Å². The van der Waals surface area contributed by atoms with Crippen LogP contribution in [-0.2, 0) is 4.79 Å². The second-order valence-corrected chi connectivity index (χ2v) is 6.84. The Morgan fingerprint density at radius 3 is 2.32 bits per heavy atom. The van der Waals surface area contributed by atoms with Gasteiger partial charge in [0, 0.05) is 5.56 Å². The molecule has 0 amide bonds. The fourth-order valence-electron chi connectivity index (χ4n) is 2.77. The van der Waals surface area contributed by atoms with Crippen LogP contribution < -0.4 is 0 Å². The van der Waals surface area contributed by atoms with Gasteiger partial charge in [0.05, 0.1) is 29.3 Å². The molecule has 1 unspecified atom stereocenters. The highest BCUT2D eigenvalue weighted by Crippen LogP contribution is 2.34. The van der Waals surface area contributed by atoms with Gasteiger partial charge in [-0.25, -0.2) is 9.66 Å². The molecule has 0 radical (unpaired) electrons. The number of benzene rings is 2. The van der Waals surface area contributed by atoms with Crippen LogP contribution in [-0.4, -0.2) is 31.7 Å². The van der Waals surface area contributed by atoms with Crippen molar-refractivity contribution >= 4 is 23.4 Å². The minimum atomic E-state index is -0.843. The quantitative estimate of drug-likeness (QED) is 0.779. The highest BCUT2D eigenvalue weighted by atomic mass is 32.2. The zero-order chi connectivity index (χ0) is 17.2. The van der Waals surface area contributed by atoms with Crippen LogP contribution in [0.2, 0.25) is 0 Å². The van der Waals surface area contributed by atoms with Crippen LogP contribution in [0.5, 0.6) is 0 Å². The number of carboxylic acids is 1. The molecule has 0 aliphatic carbocycles. The lowest BCUT2D eigenvalue weighted by Crippen LogP contribution is -2.26. The van der Waals surface area contributed by atoms with Crippen molar-refractivity contribution in [3.63, 3.8) is 0 Å². The van der Waals surface area contributed by atoms with Gasteiger partial charge in [-0.1, -0.05) is 72.4 Å². The molecule has 0 spiro atoms. The molecule has 1 aliphatic heterocycles. The van der Waals surface area contributed by atoms with Crippen LogP contribution in [0, 0.1) is 0 Å². The molecule has 1 atom stereocenters. The lowest BCUT2D eigenvalue weighted by Gasteiger charge is -2.21. The first-order valence-electron chi connectivity index (χ1n) is 7.88. The largest absolute Gasteiger partial charge is 0.481 e. The summed E-state index contributed by atoms with van der Waals surface area (Å²) in [5.74, 6) is -0.843. The van der Waals surface area contributed by atoms with Crippen molar-refractivity contribution in [3.05, 3.63) is 72.4 Å². The first-order valence-corrected chi connectivity index (χ1v) is 8.76. The lowest BCUT2D eigenvalue weighted by molar-refractivity contribution is -0.136. The SMILES string of the molecule is O=C(O)CC1Sc2nc(-c3ccccc3)cn2N=C1c1ccccc1. The fourth-order valence-corrected chi connectivity index (χ4v) is 3.90. The predicted molar refractivity (Wildman–Crippen MR) is 97.9 cm³/mol. The van der Waals surface area contributed by atoms with Crippen LogP contribution >= 0.6 is 11.8 Å². The summed E-state index contributed by atoms with van der Waals surface area (Å²) in [6.45, 7) is 0. The zero-order valence-corrected chi connectivity index (χ0v) is 14.1. The Morgan fingerprint density at radius 1 is 1.04 bits per heavy atom. The van der Waals surface area contributed by atoms with E-state index in [1.807, 2.05) is 66.9 Å². The number of nitrogens with zero attached hydrogens (tertiary/aromatic N) is 3. The van der Waals surface area contributed by atoms with Crippen LogP contribution in [0.15, 0.2) is 77.1 Å². The van der Waals surface area contributed by atoms with E-state index < -0.39 is 5.97 Å². The molecular weight excluding hydrogens is 334 g/mol. The maximum absolute atomic E-state index is 11.3. The molecular formula is C19H15N3O2S. The molecule has 0 saturated carbocycles. The molecule has 1 aliphatic rings.